The van der Waals surface area contributed by atoms with Gasteiger partial charge in [-0.15, -0.1) is 0 Å². The smallest absolute Gasteiger partial charge is 0.259 e. The minimum atomic E-state index is -0.273. The molecular weight excluding hydrogens is 428 g/mol. The van der Waals surface area contributed by atoms with Gasteiger partial charge in [-0.05, 0) is 54.8 Å². The van der Waals surface area contributed by atoms with Crippen LogP contribution in [-0.2, 0) is 17.8 Å². The number of aromatic nitrogens is 3. The lowest BCUT2D eigenvalue weighted by atomic mass is 10.0. The van der Waals surface area contributed by atoms with E-state index < -0.39 is 0 Å². The molecule has 2 aromatic heterocycles. The molecule has 0 fully saturated rings. The molecule has 5 rings (SSSR count). The third-order valence-corrected chi connectivity index (χ3v) is 5.73. The first kappa shape index (κ1) is 20.2. The van der Waals surface area contributed by atoms with E-state index in [9.17, 15) is 9.59 Å². The molecule has 8 heteroatoms. The molecule has 0 atom stereocenters. The van der Waals surface area contributed by atoms with Crippen molar-refractivity contribution in [2.24, 2.45) is 0 Å². The lowest BCUT2D eigenvalue weighted by Gasteiger charge is -2.29. The molecule has 1 aliphatic heterocycles. The molecule has 160 valence electrons. The minimum absolute atomic E-state index is 0.0703. The standard InChI is InChI=1S/C24H19ClN4O3/c25-19-10-7-17(8-11-19)23-26-24(32-27-23)18-9-12-21(30)28(14-18)15-22(31)29-13-3-5-16-4-1-2-6-20(16)29/h1-2,4,6-12,14H,3,5,13,15H2. The summed E-state index contributed by atoms with van der Waals surface area (Å²) >= 11 is 5.93. The van der Waals surface area contributed by atoms with Crippen molar-refractivity contribution in [3.8, 4) is 22.8 Å². The molecule has 1 aliphatic rings. The van der Waals surface area contributed by atoms with Crippen molar-refractivity contribution in [1.29, 1.82) is 0 Å². The van der Waals surface area contributed by atoms with E-state index in [0.717, 1.165) is 29.7 Å². The monoisotopic (exact) mass is 446 g/mol. The van der Waals surface area contributed by atoms with Crippen LogP contribution in [0.4, 0.5) is 5.69 Å². The van der Waals surface area contributed by atoms with E-state index in [1.54, 1.807) is 41.4 Å². The molecule has 0 spiro atoms. The molecule has 0 unspecified atom stereocenters. The third-order valence-electron chi connectivity index (χ3n) is 5.48. The zero-order valence-electron chi connectivity index (χ0n) is 17.1. The first-order valence-corrected chi connectivity index (χ1v) is 10.6. The predicted octanol–water partition coefficient (Wildman–Crippen LogP) is 4.20. The number of carbonyl (C=O) groups is 1. The molecule has 0 bridgehead atoms. The van der Waals surface area contributed by atoms with Crippen molar-refractivity contribution < 1.29 is 9.32 Å². The highest BCUT2D eigenvalue weighted by atomic mass is 35.5. The summed E-state index contributed by atoms with van der Waals surface area (Å²) in [5.74, 6) is 0.540. The van der Waals surface area contributed by atoms with Gasteiger partial charge in [0.25, 0.3) is 11.4 Å². The molecule has 2 aromatic carbocycles. The van der Waals surface area contributed by atoms with Gasteiger partial charge >= 0.3 is 0 Å². The molecule has 32 heavy (non-hydrogen) atoms. The summed E-state index contributed by atoms with van der Waals surface area (Å²) in [6, 6.07) is 18.0. The van der Waals surface area contributed by atoms with Crippen LogP contribution in [0, 0.1) is 0 Å². The average molecular weight is 447 g/mol. The lowest BCUT2D eigenvalue weighted by Crippen LogP contribution is -2.39. The van der Waals surface area contributed by atoms with Crippen LogP contribution in [0.5, 0.6) is 0 Å². The fourth-order valence-electron chi connectivity index (χ4n) is 3.86. The highest BCUT2D eigenvalue weighted by molar-refractivity contribution is 6.30. The number of aryl methyl sites for hydroxylation is 1. The second-order valence-corrected chi connectivity index (χ2v) is 8.03. The number of benzene rings is 2. The largest absolute Gasteiger partial charge is 0.334 e. The molecule has 3 heterocycles. The number of hydrogen-bond donors (Lipinski definition) is 0. The normalized spacial score (nSPS) is 13.1. The van der Waals surface area contributed by atoms with Crippen LogP contribution in [0.3, 0.4) is 0 Å². The van der Waals surface area contributed by atoms with Gasteiger partial charge in [0, 0.05) is 35.1 Å². The second kappa shape index (κ2) is 8.43. The molecule has 1 amide bonds. The quantitative estimate of drug-likeness (QED) is 0.469. The van der Waals surface area contributed by atoms with Gasteiger partial charge in [0.15, 0.2) is 0 Å². The summed E-state index contributed by atoms with van der Waals surface area (Å²) in [4.78, 5) is 31.7. The Hall–Kier alpha value is -3.71. The summed E-state index contributed by atoms with van der Waals surface area (Å²) in [7, 11) is 0. The minimum Gasteiger partial charge on any atom is -0.334 e. The van der Waals surface area contributed by atoms with E-state index in [1.165, 1.54) is 10.6 Å². The highest BCUT2D eigenvalue weighted by Gasteiger charge is 2.23. The van der Waals surface area contributed by atoms with Gasteiger partial charge in [-0.3, -0.25) is 9.59 Å². The first-order valence-electron chi connectivity index (χ1n) is 10.3. The Morgan fingerprint density at radius 3 is 2.66 bits per heavy atom. The maximum Gasteiger partial charge on any atom is 0.259 e. The van der Waals surface area contributed by atoms with Crippen molar-refractivity contribution in [2.45, 2.75) is 19.4 Å². The Morgan fingerprint density at radius 1 is 1.03 bits per heavy atom. The maximum atomic E-state index is 13.1. The summed E-state index contributed by atoms with van der Waals surface area (Å²) in [6.07, 6.45) is 3.42. The highest BCUT2D eigenvalue weighted by Crippen LogP contribution is 2.27. The average Bonchev–Trinajstić information content (AvgIpc) is 3.31. The summed E-state index contributed by atoms with van der Waals surface area (Å²) < 4.78 is 6.77. The van der Waals surface area contributed by atoms with Crippen LogP contribution >= 0.6 is 11.6 Å². The van der Waals surface area contributed by atoms with E-state index in [0.29, 0.717) is 23.0 Å². The molecule has 0 N–H and O–H groups in total. The van der Waals surface area contributed by atoms with Crippen LogP contribution in [0.1, 0.15) is 12.0 Å². The number of para-hydroxylation sites is 1. The van der Waals surface area contributed by atoms with Crippen molar-refractivity contribution >= 4 is 23.2 Å². The topological polar surface area (TPSA) is 81.2 Å². The van der Waals surface area contributed by atoms with Gasteiger partial charge in [0.05, 0.1) is 5.56 Å². The van der Waals surface area contributed by atoms with E-state index in [-0.39, 0.29) is 23.9 Å². The summed E-state index contributed by atoms with van der Waals surface area (Å²) in [5, 5.41) is 4.63. The van der Waals surface area contributed by atoms with Gasteiger partial charge < -0.3 is 14.0 Å². The van der Waals surface area contributed by atoms with Gasteiger partial charge in [-0.2, -0.15) is 4.98 Å². The number of rotatable bonds is 4. The molecule has 0 saturated carbocycles. The van der Waals surface area contributed by atoms with Crippen LogP contribution in [-0.4, -0.2) is 27.2 Å². The van der Waals surface area contributed by atoms with Gasteiger partial charge in [0.1, 0.15) is 6.54 Å². The zero-order valence-corrected chi connectivity index (χ0v) is 17.8. The molecule has 0 radical (unpaired) electrons. The number of carbonyl (C=O) groups excluding carboxylic acids is 1. The van der Waals surface area contributed by atoms with Crippen molar-refractivity contribution in [2.75, 3.05) is 11.4 Å². The molecule has 0 aliphatic carbocycles. The Morgan fingerprint density at radius 2 is 1.81 bits per heavy atom. The van der Waals surface area contributed by atoms with E-state index in [1.807, 2.05) is 24.3 Å². The van der Waals surface area contributed by atoms with Crippen LogP contribution < -0.4 is 10.5 Å². The zero-order chi connectivity index (χ0) is 22.1. The molecule has 0 saturated heterocycles. The summed E-state index contributed by atoms with van der Waals surface area (Å²) in [5.41, 5.74) is 3.11. The van der Waals surface area contributed by atoms with Gasteiger partial charge in [-0.1, -0.05) is 35.0 Å². The second-order valence-electron chi connectivity index (χ2n) is 7.59. The van der Waals surface area contributed by atoms with Crippen LogP contribution in [0.25, 0.3) is 22.8 Å². The number of anilines is 1. The number of halogens is 1. The van der Waals surface area contributed by atoms with Gasteiger partial charge in [-0.25, -0.2) is 0 Å². The Bertz CT molecular complexity index is 1340. The number of pyridine rings is 1. The maximum absolute atomic E-state index is 13.1. The van der Waals surface area contributed by atoms with Crippen molar-refractivity contribution in [3.05, 3.63) is 87.8 Å². The Labute approximate surface area is 188 Å². The Kier molecular flexibility index (Phi) is 5.33. The SMILES string of the molecule is O=C(Cn1cc(-c2nc(-c3ccc(Cl)cc3)no2)ccc1=O)N1CCCc2ccccc21. The first-order chi connectivity index (χ1) is 15.6. The summed E-state index contributed by atoms with van der Waals surface area (Å²) in [6.45, 7) is 0.567. The fraction of sp³-hybridized carbons (Fsp3) is 0.167. The van der Waals surface area contributed by atoms with E-state index >= 15 is 0 Å². The van der Waals surface area contributed by atoms with Crippen LogP contribution in [0.15, 0.2) is 76.2 Å². The van der Waals surface area contributed by atoms with Crippen molar-refractivity contribution in [3.63, 3.8) is 0 Å². The third kappa shape index (κ3) is 3.94. The van der Waals surface area contributed by atoms with Crippen molar-refractivity contribution in [1.82, 2.24) is 14.7 Å². The number of nitrogens with zero attached hydrogens (tertiary/aromatic N) is 4. The number of amides is 1. The van der Waals surface area contributed by atoms with E-state index in [2.05, 4.69) is 10.1 Å². The molecular formula is C24H19ClN4O3. The van der Waals surface area contributed by atoms with Gasteiger partial charge in [0.2, 0.25) is 11.7 Å². The molecule has 7 nitrogen and oxygen atoms in total. The Balaban J connectivity index is 1.40. The van der Waals surface area contributed by atoms with Crippen LogP contribution in [0.2, 0.25) is 5.02 Å². The predicted molar refractivity (Wildman–Crippen MR) is 122 cm³/mol. The number of fused-ring (bicyclic) bond motifs is 1. The van der Waals surface area contributed by atoms with E-state index in [4.69, 9.17) is 16.1 Å². The molecule has 4 aromatic rings. The fourth-order valence-corrected chi connectivity index (χ4v) is 3.99. The lowest BCUT2D eigenvalue weighted by molar-refractivity contribution is -0.119. The number of hydrogen-bond acceptors (Lipinski definition) is 5.